The van der Waals surface area contributed by atoms with Crippen LogP contribution in [-0.2, 0) is 0 Å². The summed E-state index contributed by atoms with van der Waals surface area (Å²) in [5, 5.41) is 0.966. The van der Waals surface area contributed by atoms with E-state index in [1.54, 1.807) is 0 Å². The minimum absolute atomic E-state index is 0.157. The fourth-order valence-electron chi connectivity index (χ4n) is 4.39. The van der Waals surface area contributed by atoms with E-state index in [0.29, 0.717) is 0 Å². The van der Waals surface area contributed by atoms with Crippen molar-refractivity contribution in [2.24, 2.45) is 0 Å². The van der Waals surface area contributed by atoms with Crippen LogP contribution in [0, 0.1) is 6.92 Å². The lowest BCUT2D eigenvalue weighted by molar-refractivity contribution is 0.0525. The quantitative estimate of drug-likeness (QED) is 0.839. The average molecular weight is 337 g/mol. The molecule has 4 heteroatoms. The molecule has 1 amide bonds. The Labute approximate surface area is 149 Å². The smallest absolute Gasteiger partial charge is 0.254 e. The number of amides is 1. The molecular weight excluding hydrogens is 310 g/mol. The molecule has 2 heterocycles. The fraction of sp³-hybridized carbons (Fsp3) is 0.524. The second-order valence-electron chi connectivity index (χ2n) is 7.45. The summed E-state index contributed by atoms with van der Waals surface area (Å²) in [5.74, 6) is 0.157. The zero-order valence-corrected chi connectivity index (χ0v) is 15.1. The van der Waals surface area contributed by atoms with Crippen molar-refractivity contribution in [2.45, 2.75) is 45.1 Å². The first-order valence-corrected chi connectivity index (χ1v) is 9.62. The molecule has 1 aliphatic heterocycles. The number of hydrogen-bond acceptors (Lipinski definition) is 3. The second-order valence-corrected chi connectivity index (χ2v) is 7.45. The van der Waals surface area contributed by atoms with Crippen molar-refractivity contribution in [1.82, 2.24) is 14.8 Å². The summed E-state index contributed by atoms with van der Waals surface area (Å²) in [7, 11) is 0. The number of piperazine rings is 1. The molecule has 2 fully saturated rings. The zero-order valence-electron chi connectivity index (χ0n) is 15.1. The van der Waals surface area contributed by atoms with Gasteiger partial charge in [0.1, 0.15) is 0 Å². The molecule has 0 N–H and O–H groups in total. The first-order valence-electron chi connectivity index (χ1n) is 9.62. The Hall–Kier alpha value is -1.94. The van der Waals surface area contributed by atoms with Crippen LogP contribution in [0.5, 0.6) is 0 Å². The van der Waals surface area contributed by atoms with Gasteiger partial charge in [-0.1, -0.05) is 37.5 Å². The molecule has 1 saturated carbocycles. The van der Waals surface area contributed by atoms with E-state index in [-0.39, 0.29) is 5.91 Å². The first kappa shape index (κ1) is 16.5. The van der Waals surface area contributed by atoms with Crippen LogP contribution in [0.25, 0.3) is 10.9 Å². The molecule has 1 aromatic carbocycles. The van der Waals surface area contributed by atoms with E-state index in [2.05, 4.69) is 9.88 Å². The Kier molecular flexibility index (Phi) is 4.71. The van der Waals surface area contributed by atoms with Crippen molar-refractivity contribution in [1.29, 1.82) is 0 Å². The van der Waals surface area contributed by atoms with Gasteiger partial charge in [-0.2, -0.15) is 0 Å². The molecule has 0 radical (unpaired) electrons. The predicted octanol–water partition coefficient (Wildman–Crippen LogP) is 3.63. The SMILES string of the molecule is Cc1cc(C(=O)N2CCN(C3CCCCC3)CC2)c2ccccc2n1. The molecule has 4 nitrogen and oxygen atoms in total. The third kappa shape index (κ3) is 3.40. The van der Waals surface area contributed by atoms with Gasteiger partial charge in [0.05, 0.1) is 11.1 Å². The minimum atomic E-state index is 0.157. The molecule has 0 atom stereocenters. The van der Waals surface area contributed by atoms with E-state index in [1.165, 1.54) is 32.1 Å². The molecule has 0 bridgehead atoms. The van der Waals surface area contributed by atoms with E-state index in [9.17, 15) is 4.79 Å². The predicted molar refractivity (Wildman–Crippen MR) is 101 cm³/mol. The Morgan fingerprint density at radius 2 is 1.76 bits per heavy atom. The summed E-state index contributed by atoms with van der Waals surface area (Å²) in [6.45, 7) is 5.66. The highest BCUT2D eigenvalue weighted by Gasteiger charge is 2.28. The van der Waals surface area contributed by atoms with Gasteiger partial charge in [-0.3, -0.25) is 14.7 Å². The molecular formula is C21H27N3O. The molecule has 132 valence electrons. The number of rotatable bonds is 2. The van der Waals surface area contributed by atoms with Crippen LogP contribution in [-0.4, -0.2) is 52.9 Å². The van der Waals surface area contributed by atoms with E-state index in [1.807, 2.05) is 42.2 Å². The Balaban J connectivity index is 1.49. The van der Waals surface area contributed by atoms with Crippen LogP contribution < -0.4 is 0 Å². The Morgan fingerprint density at radius 3 is 2.52 bits per heavy atom. The number of para-hydroxylation sites is 1. The number of aromatic nitrogens is 1. The van der Waals surface area contributed by atoms with Crippen LogP contribution in [0.4, 0.5) is 0 Å². The number of fused-ring (bicyclic) bond motifs is 1. The van der Waals surface area contributed by atoms with Crippen LogP contribution >= 0.6 is 0 Å². The average Bonchev–Trinajstić information content (AvgIpc) is 2.67. The minimum Gasteiger partial charge on any atom is -0.336 e. The van der Waals surface area contributed by atoms with Gasteiger partial charge in [-0.05, 0) is 31.9 Å². The van der Waals surface area contributed by atoms with Gasteiger partial charge in [0.2, 0.25) is 0 Å². The third-order valence-corrected chi connectivity index (χ3v) is 5.77. The summed E-state index contributed by atoms with van der Waals surface area (Å²) < 4.78 is 0. The second kappa shape index (κ2) is 7.12. The van der Waals surface area contributed by atoms with Gasteiger partial charge in [-0.25, -0.2) is 0 Å². The van der Waals surface area contributed by atoms with E-state index in [4.69, 9.17) is 0 Å². The number of pyridine rings is 1. The van der Waals surface area contributed by atoms with Crippen LogP contribution in [0.2, 0.25) is 0 Å². The van der Waals surface area contributed by atoms with Crippen LogP contribution in [0.15, 0.2) is 30.3 Å². The topological polar surface area (TPSA) is 36.4 Å². The maximum Gasteiger partial charge on any atom is 0.254 e. The number of carbonyl (C=O) groups excluding carboxylic acids is 1. The monoisotopic (exact) mass is 337 g/mol. The molecule has 2 aliphatic rings. The van der Waals surface area contributed by atoms with Crippen molar-refractivity contribution in [3.8, 4) is 0 Å². The van der Waals surface area contributed by atoms with Gasteiger partial charge in [0.25, 0.3) is 5.91 Å². The number of nitrogens with zero attached hydrogens (tertiary/aromatic N) is 3. The Bertz CT molecular complexity index is 759. The Morgan fingerprint density at radius 1 is 1.04 bits per heavy atom. The van der Waals surface area contributed by atoms with Gasteiger partial charge < -0.3 is 4.90 Å². The number of hydrogen-bond donors (Lipinski definition) is 0. The number of carbonyl (C=O) groups is 1. The van der Waals surface area contributed by atoms with Gasteiger partial charge in [0, 0.05) is 43.3 Å². The molecule has 1 saturated heterocycles. The largest absolute Gasteiger partial charge is 0.336 e. The van der Waals surface area contributed by atoms with Crippen molar-refractivity contribution >= 4 is 16.8 Å². The lowest BCUT2D eigenvalue weighted by Gasteiger charge is -2.40. The summed E-state index contributed by atoms with van der Waals surface area (Å²) in [6.07, 6.45) is 6.80. The van der Waals surface area contributed by atoms with Gasteiger partial charge >= 0.3 is 0 Å². The molecule has 1 aliphatic carbocycles. The lowest BCUT2D eigenvalue weighted by atomic mass is 9.94. The number of benzene rings is 1. The first-order chi connectivity index (χ1) is 12.2. The summed E-state index contributed by atoms with van der Waals surface area (Å²) >= 11 is 0. The molecule has 4 rings (SSSR count). The highest BCUT2D eigenvalue weighted by molar-refractivity contribution is 6.06. The summed E-state index contributed by atoms with van der Waals surface area (Å²) in [6, 6.07) is 10.6. The fourth-order valence-corrected chi connectivity index (χ4v) is 4.39. The standard InChI is InChI=1S/C21H27N3O/c1-16-15-19(18-9-5-6-10-20(18)22-16)21(25)24-13-11-23(12-14-24)17-7-3-2-4-8-17/h5-6,9-10,15,17H,2-4,7-8,11-14H2,1H3. The highest BCUT2D eigenvalue weighted by Crippen LogP contribution is 2.25. The molecule has 1 aromatic heterocycles. The zero-order chi connectivity index (χ0) is 17.2. The van der Waals surface area contributed by atoms with Crippen LogP contribution in [0.1, 0.15) is 48.2 Å². The summed E-state index contributed by atoms with van der Waals surface area (Å²) in [5.41, 5.74) is 2.61. The van der Waals surface area contributed by atoms with Crippen molar-refractivity contribution in [3.05, 3.63) is 41.6 Å². The molecule has 0 spiro atoms. The molecule has 25 heavy (non-hydrogen) atoms. The lowest BCUT2D eigenvalue weighted by Crippen LogP contribution is -2.52. The van der Waals surface area contributed by atoms with E-state index < -0.39 is 0 Å². The molecule has 0 unspecified atom stereocenters. The number of aryl methyl sites for hydroxylation is 1. The van der Waals surface area contributed by atoms with E-state index in [0.717, 1.165) is 54.4 Å². The molecule has 2 aromatic rings. The van der Waals surface area contributed by atoms with Gasteiger partial charge in [-0.15, -0.1) is 0 Å². The summed E-state index contributed by atoms with van der Waals surface area (Å²) in [4.78, 5) is 22.3. The van der Waals surface area contributed by atoms with Gasteiger partial charge in [0.15, 0.2) is 0 Å². The maximum atomic E-state index is 13.1. The maximum absolute atomic E-state index is 13.1. The van der Waals surface area contributed by atoms with E-state index >= 15 is 0 Å². The van der Waals surface area contributed by atoms with Crippen molar-refractivity contribution < 1.29 is 4.79 Å². The van der Waals surface area contributed by atoms with Crippen molar-refractivity contribution in [3.63, 3.8) is 0 Å². The highest BCUT2D eigenvalue weighted by atomic mass is 16.2. The van der Waals surface area contributed by atoms with Crippen molar-refractivity contribution in [2.75, 3.05) is 26.2 Å². The third-order valence-electron chi connectivity index (χ3n) is 5.77. The normalized spacial score (nSPS) is 20.1. The van der Waals surface area contributed by atoms with Crippen LogP contribution in [0.3, 0.4) is 0 Å².